The SMILES string of the molecule is COC(=O)Nc1cnc2c(C(=O)O)cccn12. The Labute approximate surface area is 95.6 Å². The lowest BCUT2D eigenvalue weighted by Crippen LogP contribution is -2.12. The minimum Gasteiger partial charge on any atom is -0.478 e. The third-order valence-electron chi connectivity index (χ3n) is 2.18. The second-order valence-electron chi connectivity index (χ2n) is 3.18. The van der Waals surface area contributed by atoms with E-state index >= 15 is 0 Å². The normalized spacial score (nSPS) is 10.2. The van der Waals surface area contributed by atoms with E-state index in [4.69, 9.17) is 5.11 Å². The lowest BCUT2D eigenvalue weighted by molar-refractivity contribution is 0.0698. The van der Waals surface area contributed by atoms with Gasteiger partial charge in [0.05, 0.1) is 13.3 Å². The number of aromatic nitrogens is 2. The molecule has 2 N–H and O–H groups in total. The zero-order valence-electron chi connectivity index (χ0n) is 8.88. The molecule has 88 valence electrons. The van der Waals surface area contributed by atoms with Crippen molar-refractivity contribution < 1.29 is 19.4 Å². The summed E-state index contributed by atoms with van der Waals surface area (Å²) < 4.78 is 5.90. The number of nitrogens with one attached hydrogen (secondary N) is 1. The molecule has 7 nitrogen and oxygen atoms in total. The molecule has 2 aromatic rings. The maximum Gasteiger partial charge on any atom is 0.412 e. The monoisotopic (exact) mass is 235 g/mol. The molecule has 0 aliphatic heterocycles. The molecule has 0 aromatic carbocycles. The number of fused-ring (bicyclic) bond motifs is 1. The van der Waals surface area contributed by atoms with Gasteiger partial charge in [-0.25, -0.2) is 14.6 Å². The van der Waals surface area contributed by atoms with E-state index in [9.17, 15) is 9.59 Å². The number of hydrogen-bond acceptors (Lipinski definition) is 4. The minimum atomic E-state index is -1.08. The van der Waals surface area contributed by atoms with Crippen LogP contribution in [0.2, 0.25) is 0 Å². The summed E-state index contributed by atoms with van der Waals surface area (Å²) in [6.07, 6.45) is 2.31. The topological polar surface area (TPSA) is 92.9 Å². The van der Waals surface area contributed by atoms with E-state index in [1.807, 2.05) is 0 Å². The third kappa shape index (κ3) is 1.89. The highest BCUT2D eigenvalue weighted by atomic mass is 16.5. The first kappa shape index (κ1) is 10.9. The van der Waals surface area contributed by atoms with Crippen LogP contribution in [0.5, 0.6) is 0 Å². The molecule has 2 heterocycles. The smallest absolute Gasteiger partial charge is 0.412 e. The zero-order chi connectivity index (χ0) is 12.4. The molecule has 1 amide bonds. The van der Waals surface area contributed by atoms with Crippen LogP contribution < -0.4 is 5.32 Å². The number of carbonyl (C=O) groups excluding carboxylic acids is 1. The fraction of sp³-hybridized carbons (Fsp3) is 0.100. The number of hydrogen-bond donors (Lipinski definition) is 2. The van der Waals surface area contributed by atoms with Gasteiger partial charge < -0.3 is 9.84 Å². The van der Waals surface area contributed by atoms with Crippen molar-refractivity contribution in [3.63, 3.8) is 0 Å². The third-order valence-corrected chi connectivity index (χ3v) is 2.18. The predicted octanol–water partition coefficient (Wildman–Crippen LogP) is 1.21. The van der Waals surface area contributed by atoms with Crippen LogP contribution in [0.3, 0.4) is 0 Å². The minimum absolute atomic E-state index is 0.0606. The maximum absolute atomic E-state index is 11.1. The first-order valence-electron chi connectivity index (χ1n) is 4.68. The number of imidazole rings is 1. The van der Waals surface area contributed by atoms with Crippen LogP contribution in [0.25, 0.3) is 5.65 Å². The van der Waals surface area contributed by atoms with Gasteiger partial charge in [-0.1, -0.05) is 0 Å². The molecule has 0 radical (unpaired) electrons. The van der Waals surface area contributed by atoms with E-state index in [0.717, 1.165) is 0 Å². The number of carbonyl (C=O) groups is 2. The number of rotatable bonds is 2. The number of nitrogens with zero attached hydrogens (tertiary/aromatic N) is 2. The van der Waals surface area contributed by atoms with Gasteiger partial charge in [-0.3, -0.25) is 9.72 Å². The standard InChI is InChI=1S/C10H9N3O4/c1-17-10(16)12-7-5-11-8-6(9(14)15)3-2-4-13(7)8/h2-5H,1H3,(H,12,16)(H,14,15). The summed E-state index contributed by atoms with van der Waals surface area (Å²) in [5, 5.41) is 11.4. The first-order chi connectivity index (χ1) is 8.13. The average Bonchev–Trinajstić information content (AvgIpc) is 2.72. The fourth-order valence-electron chi connectivity index (χ4n) is 1.43. The predicted molar refractivity (Wildman–Crippen MR) is 58.2 cm³/mol. The molecular formula is C10H9N3O4. The van der Waals surface area contributed by atoms with Crippen molar-refractivity contribution in [2.24, 2.45) is 0 Å². The molecule has 17 heavy (non-hydrogen) atoms. The summed E-state index contributed by atoms with van der Waals surface area (Å²) in [7, 11) is 1.24. The number of pyridine rings is 1. The Morgan fingerprint density at radius 1 is 1.53 bits per heavy atom. The van der Waals surface area contributed by atoms with Crippen molar-refractivity contribution in [1.29, 1.82) is 0 Å². The van der Waals surface area contributed by atoms with E-state index in [0.29, 0.717) is 5.82 Å². The van der Waals surface area contributed by atoms with Crippen LogP contribution in [-0.2, 0) is 4.74 Å². The van der Waals surface area contributed by atoms with Crippen LogP contribution in [0.4, 0.5) is 10.6 Å². The van der Waals surface area contributed by atoms with E-state index < -0.39 is 12.1 Å². The first-order valence-corrected chi connectivity index (χ1v) is 4.68. The van der Waals surface area contributed by atoms with Crippen LogP contribution >= 0.6 is 0 Å². The van der Waals surface area contributed by atoms with Gasteiger partial charge in [-0.2, -0.15) is 0 Å². The Morgan fingerprint density at radius 3 is 2.94 bits per heavy atom. The number of amides is 1. The highest BCUT2D eigenvalue weighted by Gasteiger charge is 2.13. The van der Waals surface area contributed by atoms with Gasteiger partial charge in [0.15, 0.2) is 5.65 Å². The number of aromatic carboxylic acids is 1. The Kier molecular flexibility index (Phi) is 2.65. The molecule has 0 spiro atoms. The number of methoxy groups -OCH3 is 1. The summed E-state index contributed by atoms with van der Waals surface area (Å²) >= 11 is 0. The van der Waals surface area contributed by atoms with Gasteiger partial charge in [0, 0.05) is 6.20 Å². The molecule has 2 aromatic heterocycles. The average molecular weight is 235 g/mol. The zero-order valence-corrected chi connectivity index (χ0v) is 8.88. The summed E-state index contributed by atoms with van der Waals surface area (Å²) in [5.74, 6) is -0.735. The van der Waals surface area contributed by atoms with Crippen molar-refractivity contribution in [1.82, 2.24) is 9.38 Å². The van der Waals surface area contributed by atoms with E-state index in [-0.39, 0.29) is 11.2 Å². The number of carboxylic acids is 1. The molecule has 0 aliphatic carbocycles. The highest BCUT2D eigenvalue weighted by molar-refractivity contribution is 5.95. The van der Waals surface area contributed by atoms with Crippen molar-refractivity contribution in [3.8, 4) is 0 Å². The van der Waals surface area contributed by atoms with Crippen molar-refractivity contribution in [2.75, 3.05) is 12.4 Å². The fourth-order valence-corrected chi connectivity index (χ4v) is 1.43. The molecule has 0 fully saturated rings. The Morgan fingerprint density at radius 2 is 2.29 bits per heavy atom. The van der Waals surface area contributed by atoms with Gasteiger partial charge in [-0.15, -0.1) is 0 Å². The van der Waals surface area contributed by atoms with Crippen molar-refractivity contribution in [2.45, 2.75) is 0 Å². The lowest BCUT2D eigenvalue weighted by atomic mass is 10.3. The Hall–Kier alpha value is -2.57. The number of carboxylic acid groups (broad SMARTS) is 1. The Bertz CT molecular complexity index is 590. The van der Waals surface area contributed by atoms with Crippen LogP contribution in [0.1, 0.15) is 10.4 Å². The summed E-state index contributed by atoms with van der Waals surface area (Å²) in [4.78, 5) is 25.9. The van der Waals surface area contributed by atoms with Crippen LogP contribution in [0.15, 0.2) is 24.5 Å². The van der Waals surface area contributed by atoms with E-state index in [2.05, 4.69) is 15.0 Å². The molecule has 2 rings (SSSR count). The van der Waals surface area contributed by atoms with Gasteiger partial charge in [-0.05, 0) is 12.1 Å². The number of ether oxygens (including phenoxy) is 1. The summed E-state index contributed by atoms with van der Waals surface area (Å²) in [6, 6.07) is 2.99. The van der Waals surface area contributed by atoms with Gasteiger partial charge >= 0.3 is 12.1 Å². The molecule has 0 atom stereocenters. The second-order valence-corrected chi connectivity index (χ2v) is 3.18. The molecule has 0 aliphatic rings. The largest absolute Gasteiger partial charge is 0.478 e. The quantitative estimate of drug-likeness (QED) is 0.816. The number of anilines is 1. The summed E-state index contributed by atoms with van der Waals surface area (Å²) in [6.45, 7) is 0. The molecule has 0 unspecified atom stereocenters. The lowest BCUT2D eigenvalue weighted by Gasteiger charge is -2.03. The van der Waals surface area contributed by atoms with Gasteiger partial charge in [0.2, 0.25) is 0 Å². The maximum atomic E-state index is 11.1. The summed E-state index contributed by atoms with van der Waals surface area (Å²) in [5.41, 5.74) is 0.316. The molecule has 7 heteroatoms. The molecule has 0 bridgehead atoms. The van der Waals surface area contributed by atoms with Crippen molar-refractivity contribution in [3.05, 3.63) is 30.1 Å². The van der Waals surface area contributed by atoms with E-state index in [1.54, 1.807) is 12.3 Å². The van der Waals surface area contributed by atoms with Gasteiger partial charge in [0.1, 0.15) is 11.4 Å². The van der Waals surface area contributed by atoms with Crippen LogP contribution in [0, 0.1) is 0 Å². The Balaban J connectivity index is 2.51. The van der Waals surface area contributed by atoms with Crippen molar-refractivity contribution >= 4 is 23.5 Å². The molecule has 0 saturated carbocycles. The molecular weight excluding hydrogens is 226 g/mol. The van der Waals surface area contributed by atoms with Crippen LogP contribution in [-0.4, -0.2) is 33.7 Å². The molecule has 0 saturated heterocycles. The highest BCUT2D eigenvalue weighted by Crippen LogP contribution is 2.15. The van der Waals surface area contributed by atoms with E-state index in [1.165, 1.54) is 23.8 Å². The van der Waals surface area contributed by atoms with Gasteiger partial charge in [0.25, 0.3) is 0 Å². The second kappa shape index (κ2) is 4.12.